The van der Waals surface area contributed by atoms with Crippen LogP contribution in [0.3, 0.4) is 0 Å². The van der Waals surface area contributed by atoms with Crippen LogP contribution in [0.2, 0.25) is 0 Å². The van der Waals surface area contributed by atoms with Gasteiger partial charge in [0.2, 0.25) is 5.76 Å². The Balaban J connectivity index is 1.38. The number of methoxy groups -OCH3 is 1. The lowest BCUT2D eigenvalue weighted by atomic mass is 10.1. The highest BCUT2D eigenvalue weighted by molar-refractivity contribution is 6.21. The van der Waals surface area contributed by atoms with Crippen molar-refractivity contribution in [2.75, 3.05) is 13.7 Å². The van der Waals surface area contributed by atoms with Gasteiger partial charge >= 0.3 is 5.97 Å². The number of nitrogens with zero attached hydrogens (tertiary/aromatic N) is 5. The van der Waals surface area contributed by atoms with E-state index in [1.54, 1.807) is 30.3 Å². The highest BCUT2D eigenvalue weighted by Crippen LogP contribution is 2.22. The van der Waals surface area contributed by atoms with Crippen LogP contribution in [0, 0.1) is 0 Å². The number of amides is 2. The van der Waals surface area contributed by atoms with Crippen molar-refractivity contribution in [3.8, 4) is 0 Å². The molecule has 0 aliphatic carbocycles. The fraction of sp³-hybridized carbons (Fsp3) is 0.222. The van der Waals surface area contributed by atoms with Crippen LogP contribution in [-0.2, 0) is 17.7 Å². The molecular formula is C18H15N5O5. The number of hydrogen-bond donors (Lipinski definition) is 0. The number of carbonyl (C=O) groups excluding carboxylic acids is 3. The van der Waals surface area contributed by atoms with Crippen LogP contribution in [0.4, 0.5) is 0 Å². The second kappa shape index (κ2) is 7.06. The zero-order valence-electron chi connectivity index (χ0n) is 14.9. The number of esters is 1. The molecule has 10 heteroatoms. The standard InChI is InChI=1S/C18H15N5O5/c1-27-18(26)14-7-6-11(28-14)10-23-20-15(19-21-23)8-9-22-16(24)12-4-2-3-5-13(12)17(22)25/h2-7H,8-10H2,1H3. The average Bonchev–Trinajstić information content (AvgIpc) is 3.41. The van der Waals surface area contributed by atoms with Crippen molar-refractivity contribution < 1.29 is 23.5 Å². The topological polar surface area (TPSA) is 120 Å². The van der Waals surface area contributed by atoms with Crippen molar-refractivity contribution in [3.05, 3.63) is 64.9 Å². The van der Waals surface area contributed by atoms with E-state index >= 15 is 0 Å². The van der Waals surface area contributed by atoms with Gasteiger partial charge in [-0.3, -0.25) is 14.5 Å². The first-order valence-electron chi connectivity index (χ1n) is 8.46. The van der Waals surface area contributed by atoms with E-state index < -0.39 is 5.97 Å². The molecule has 28 heavy (non-hydrogen) atoms. The van der Waals surface area contributed by atoms with E-state index in [-0.39, 0.29) is 37.1 Å². The molecule has 4 rings (SSSR count). The maximum atomic E-state index is 12.4. The van der Waals surface area contributed by atoms with Crippen LogP contribution < -0.4 is 0 Å². The molecule has 1 aliphatic rings. The lowest BCUT2D eigenvalue weighted by Crippen LogP contribution is -2.32. The second-order valence-corrected chi connectivity index (χ2v) is 6.05. The maximum absolute atomic E-state index is 12.4. The van der Waals surface area contributed by atoms with Crippen LogP contribution in [-0.4, -0.2) is 56.5 Å². The number of benzene rings is 1. The minimum absolute atomic E-state index is 0.0865. The third kappa shape index (κ3) is 3.15. The van der Waals surface area contributed by atoms with Crippen molar-refractivity contribution in [1.82, 2.24) is 25.1 Å². The summed E-state index contributed by atoms with van der Waals surface area (Å²) in [4.78, 5) is 38.6. The van der Waals surface area contributed by atoms with Crippen LogP contribution >= 0.6 is 0 Å². The molecule has 3 aromatic rings. The Morgan fingerprint density at radius 3 is 2.50 bits per heavy atom. The number of furan rings is 1. The highest BCUT2D eigenvalue weighted by Gasteiger charge is 2.34. The molecule has 3 heterocycles. The zero-order chi connectivity index (χ0) is 19.7. The van der Waals surface area contributed by atoms with Gasteiger partial charge in [0.15, 0.2) is 5.82 Å². The van der Waals surface area contributed by atoms with Crippen LogP contribution in [0.25, 0.3) is 0 Å². The van der Waals surface area contributed by atoms with Gasteiger partial charge in [-0.25, -0.2) is 4.79 Å². The van der Waals surface area contributed by atoms with Gasteiger partial charge in [-0.15, -0.1) is 10.2 Å². The quantitative estimate of drug-likeness (QED) is 0.457. The number of fused-ring (bicyclic) bond motifs is 1. The molecule has 0 radical (unpaired) electrons. The molecule has 0 N–H and O–H groups in total. The Morgan fingerprint density at radius 2 is 1.82 bits per heavy atom. The SMILES string of the molecule is COC(=O)c1ccc(Cn2nnc(CCN3C(=O)c4ccccc4C3=O)n2)o1. The molecule has 1 aromatic carbocycles. The Kier molecular flexibility index (Phi) is 4.44. The van der Waals surface area contributed by atoms with Gasteiger partial charge in [0.05, 0.1) is 18.2 Å². The minimum atomic E-state index is -0.570. The minimum Gasteiger partial charge on any atom is -0.463 e. The summed E-state index contributed by atoms with van der Waals surface area (Å²) in [5, 5.41) is 12.1. The molecule has 0 bridgehead atoms. The number of ether oxygens (including phenoxy) is 1. The molecule has 0 fully saturated rings. The summed E-state index contributed by atoms with van der Waals surface area (Å²) in [6.45, 7) is 0.336. The molecule has 0 saturated heterocycles. The second-order valence-electron chi connectivity index (χ2n) is 6.05. The Labute approximate surface area is 158 Å². The lowest BCUT2D eigenvalue weighted by Gasteiger charge is -2.11. The van der Waals surface area contributed by atoms with Crippen molar-refractivity contribution in [1.29, 1.82) is 0 Å². The van der Waals surface area contributed by atoms with Gasteiger partial charge in [0, 0.05) is 13.0 Å². The molecule has 10 nitrogen and oxygen atoms in total. The Hall–Kier alpha value is -3.82. The van der Waals surface area contributed by atoms with Gasteiger partial charge in [-0.1, -0.05) is 12.1 Å². The molecule has 0 unspecified atom stereocenters. The number of carbonyl (C=O) groups is 3. The van der Waals surface area contributed by atoms with Gasteiger partial charge in [0.25, 0.3) is 11.8 Å². The molecule has 2 amide bonds. The van der Waals surface area contributed by atoms with E-state index in [4.69, 9.17) is 4.42 Å². The first-order chi connectivity index (χ1) is 13.6. The molecule has 1 aliphatic heterocycles. The summed E-state index contributed by atoms with van der Waals surface area (Å²) in [6, 6.07) is 9.84. The Morgan fingerprint density at radius 1 is 1.11 bits per heavy atom. The number of tetrazole rings is 1. The van der Waals surface area contributed by atoms with E-state index in [0.29, 0.717) is 22.7 Å². The van der Waals surface area contributed by atoms with Gasteiger partial charge in [0.1, 0.15) is 12.3 Å². The highest BCUT2D eigenvalue weighted by atomic mass is 16.5. The summed E-state index contributed by atoms with van der Waals surface area (Å²) in [6.07, 6.45) is 0.275. The van der Waals surface area contributed by atoms with Gasteiger partial charge < -0.3 is 9.15 Å². The predicted molar refractivity (Wildman–Crippen MR) is 92.5 cm³/mol. The molecule has 142 valence electrons. The Bertz CT molecular complexity index is 1030. The zero-order valence-corrected chi connectivity index (χ0v) is 14.9. The smallest absolute Gasteiger partial charge is 0.373 e. The predicted octanol–water partition coefficient (Wildman–Crippen LogP) is 0.940. The first-order valence-corrected chi connectivity index (χ1v) is 8.46. The van der Waals surface area contributed by atoms with Crippen LogP contribution in [0.5, 0.6) is 0 Å². The van der Waals surface area contributed by atoms with Crippen molar-refractivity contribution in [2.24, 2.45) is 0 Å². The molecule has 2 aromatic heterocycles. The molecule has 0 spiro atoms. The molecular weight excluding hydrogens is 366 g/mol. The summed E-state index contributed by atoms with van der Waals surface area (Å²) in [7, 11) is 1.27. The third-order valence-electron chi connectivity index (χ3n) is 4.28. The van der Waals surface area contributed by atoms with Gasteiger partial charge in [-0.2, -0.15) is 4.80 Å². The number of hydrogen-bond acceptors (Lipinski definition) is 8. The van der Waals surface area contributed by atoms with Crippen molar-refractivity contribution in [2.45, 2.75) is 13.0 Å². The summed E-state index contributed by atoms with van der Waals surface area (Å²) < 4.78 is 9.94. The molecule has 0 atom stereocenters. The number of aromatic nitrogens is 4. The number of imide groups is 1. The molecule has 0 saturated carbocycles. The lowest BCUT2D eigenvalue weighted by molar-refractivity contribution is 0.0561. The fourth-order valence-corrected chi connectivity index (χ4v) is 2.91. The van der Waals surface area contributed by atoms with Gasteiger partial charge in [-0.05, 0) is 29.5 Å². The van der Waals surface area contributed by atoms with Crippen molar-refractivity contribution in [3.63, 3.8) is 0 Å². The van der Waals surface area contributed by atoms with E-state index in [9.17, 15) is 14.4 Å². The third-order valence-corrected chi connectivity index (χ3v) is 4.28. The summed E-state index contributed by atoms with van der Waals surface area (Å²) >= 11 is 0. The van der Waals surface area contributed by atoms with E-state index in [1.807, 2.05) is 0 Å². The normalized spacial score (nSPS) is 13.1. The maximum Gasteiger partial charge on any atom is 0.373 e. The van der Waals surface area contributed by atoms with E-state index in [2.05, 4.69) is 20.1 Å². The first kappa shape index (κ1) is 17.6. The van der Waals surface area contributed by atoms with E-state index in [1.165, 1.54) is 22.9 Å². The van der Waals surface area contributed by atoms with Crippen molar-refractivity contribution >= 4 is 17.8 Å². The average molecular weight is 381 g/mol. The fourth-order valence-electron chi connectivity index (χ4n) is 2.91. The number of rotatable bonds is 6. The largest absolute Gasteiger partial charge is 0.463 e. The van der Waals surface area contributed by atoms with Crippen LogP contribution in [0.1, 0.15) is 42.9 Å². The summed E-state index contributed by atoms with van der Waals surface area (Å²) in [5.74, 6) is -0.276. The monoisotopic (exact) mass is 381 g/mol. The van der Waals surface area contributed by atoms with E-state index in [0.717, 1.165) is 0 Å². The summed E-state index contributed by atoms with van der Waals surface area (Å²) in [5.41, 5.74) is 0.812. The van der Waals surface area contributed by atoms with Crippen LogP contribution in [0.15, 0.2) is 40.8 Å².